The number of carbonyl (C=O) groups excluding carboxylic acids is 5. The molecule has 0 aromatic carbocycles. The van der Waals surface area contributed by atoms with Gasteiger partial charge in [0.1, 0.15) is 12.2 Å². The summed E-state index contributed by atoms with van der Waals surface area (Å²) >= 11 is 0. The quantitative estimate of drug-likeness (QED) is 0.312. The largest absolute Gasteiger partial charge is 0.513 e. The molecule has 0 unspecified atom stereocenters. The fraction of sp³-hybridized carbons (Fsp3) is 0.759. The second-order valence-electron chi connectivity index (χ2n) is 12.2. The third-order valence-corrected chi connectivity index (χ3v) is 10.1. The summed E-state index contributed by atoms with van der Waals surface area (Å²) < 4.78 is 37.8. The van der Waals surface area contributed by atoms with Gasteiger partial charge in [-0.25, -0.2) is 19.2 Å². The molecule has 238 valence electrons. The molecule has 43 heavy (non-hydrogen) atoms. The first-order valence-corrected chi connectivity index (χ1v) is 14.6. The first kappa shape index (κ1) is 31.2. The second-order valence-corrected chi connectivity index (χ2v) is 12.2. The van der Waals surface area contributed by atoms with Gasteiger partial charge in [0.25, 0.3) is 0 Å². The molecular formula is C29H38O14. The van der Waals surface area contributed by atoms with Crippen molar-refractivity contribution >= 4 is 30.0 Å². The van der Waals surface area contributed by atoms with E-state index in [-0.39, 0.29) is 38.4 Å². The van der Waals surface area contributed by atoms with E-state index in [1.807, 2.05) is 0 Å². The highest BCUT2D eigenvalue weighted by Gasteiger charge is 2.85. The van der Waals surface area contributed by atoms with Crippen molar-refractivity contribution in [3.05, 3.63) is 11.3 Å². The van der Waals surface area contributed by atoms with Gasteiger partial charge in [0, 0.05) is 17.8 Å². The molecule has 0 amide bonds. The van der Waals surface area contributed by atoms with Crippen LogP contribution in [0.15, 0.2) is 11.3 Å². The van der Waals surface area contributed by atoms with E-state index < -0.39 is 88.6 Å². The third-order valence-electron chi connectivity index (χ3n) is 10.1. The topological polar surface area (TPSA) is 190 Å². The number of allylic oxidation sites excluding steroid dienone is 2. The van der Waals surface area contributed by atoms with Crippen LogP contribution in [0.25, 0.3) is 0 Å². The Balaban J connectivity index is 1.63. The van der Waals surface area contributed by atoms with Crippen LogP contribution in [-0.4, -0.2) is 97.2 Å². The summed E-state index contributed by atoms with van der Waals surface area (Å²) in [7, 11) is 1.07. The van der Waals surface area contributed by atoms with Gasteiger partial charge >= 0.3 is 24.2 Å². The maximum Gasteiger partial charge on any atom is 0.513 e. The van der Waals surface area contributed by atoms with Crippen molar-refractivity contribution in [3.8, 4) is 0 Å². The Morgan fingerprint density at radius 3 is 2.30 bits per heavy atom. The minimum Gasteiger partial charge on any atom is -0.467 e. The van der Waals surface area contributed by atoms with E-state index in [4.69, 9.17) is 33.2 Å². The van der Waals surface area contributed by atoms with Crippen LogP contribution >= 0.6 is 0 Å². The molecule has 0 aromatic rings. The number of aliphatic hydroxyl groups excluding tert-OH is 2. The molecule has 0 aromatic heterocycles. The molecule has 2 N–H and O–H groups in total. The van der Waals surface area contributed by atoms with Crippen molar-refractivity contribution in [2.45, 2.75) is 83.4 Å². The molecule has 2 saturated heterocycles. The summed E-state index contributed by atoms with van der Waals surface area (Å²) in [4.78, 5) is 65.4. The maximum absolute atomic E-state index is 13.6. The van der Waals surface area contributed by atoms with E-state index in [0.717, 1.165) is 7.11 Å². The van der Waals surface area contributed by atoms with Crippen LogP contribution in [0.2, 0.25) is 0 Å². The van der Waals surface area contributed by atoms with Crippen molar-refractivity contribution in [2.75, 3.05) is 26.9 Å². The molecule has 5 aliphatic rings. The number of rotatable bonds is 7. The lowest BCUT2D eigenvalue weighted by Crippen LogP contribution is -2.79. The summed E-state index contributed by atoms with van der Waals surface area (Å²) in [6.45, 7) is 6.78. The molecule has 10 atom stereocenters. The number of ether oxygens (including phenoxy) is 7. The van der Waals surface area contributed by atoms with Crippen LogP contribution in [-0.2, 0) is 47.5 Å². The van der Waals surface area contributed by atoms with E-state index in [2.05, 4.69) is 0 Å². The van der Waals surface area contributed by atoms with Crippen molar-refractivity contribution in [1.29, 1.82) is 0 Å². The first-order chi connectivity index (χ1) is 20.3. The lowest BCUT2D eigenvalue weighted by atomic mass is 9.38. The van der Waals surface area contributed by atoms with Crippen LogP contribution in [0.1, 0.15) is 53.4 Å². The van der Waals surface area contributed by atoms with Gasteiger partial charge in [-0.1, -0.05) is 20.8 Å². The predicted octanol–water partition coefficient (Wildman–Crippen LogP) is 1.58. The van der Waals surface area contributed by atoms with Crippen molar-refractivity contribution in [2.24, 2.45) is 28.6 Å². The smallest absolute Gasteiger partial charge is 0.467 e. The van der Waals surface area contributed by atoms with Crippen LogP contribution < -0.4 is 0 Å². The van der Waals surface area contributed by atoms with Crippen LogP contribution in [0, 0.1) is 28.6 Å². The highest BCUT2D eigenvalue weighted by Crippen LogP contribution is 2.72. The van der Waals surface area contributed by atoms with Gasteiger partial charge in [-0.2, -0.15) is 0 Å². The summed E-state index contributed by atoms with van der Waals surface area (Å²) in [5.41, 5.74) is -4.40. The maximum atomic E-state index is 13.6. The number of carbonyl (C=O) groups is 5. The monoisotopic (exact) mass is 610 g/mol. The summed E-state index contributed by atoms with van der Waals surface area (Å²) in [6.07, 6.45) is -7.66. The minimum atomic E-state index is -2.29. The van der Waals surface area contributed by atoms with Crippen molar-refractivity contribution < 1.29 is 67.3 Å². The van der Waals surface area contributed by atoms with Gasteiger partial charge < -0.3 is 43.4 Å². The number of esters is 2. The number of hydrogen-bond acceptors (Lipinski definition) is 14. The van der Waals surface area contributed by atoms with E-state index >= 15 is 0 Å². The van der Waals surface area contributed by atoms with Crippen LogP contribution in [0.3, 0.4) is 0 Å². The molecular weight excluding hydrogens is 572 g/mol. The highest BCUT2D eigenvalue weighted by atomic mass is 16.7. The molecule has 0 radical (unpaired) electrons. The fourth-order valence-corrected chi connectivity index (χ4v) is 8.60. The molecule has 4 fully saturated rings. The van der Waals surface area contributed by atoms with Crippen LogP contribution in [0.4, 0.5) is 9.59 Å². The van der Waals surface area contributed by atoms with Crippen molar-refractivity contribution in [1.82, 2.24) is 0 Å². The number of Topliss-reactive ketones (excluding diaryl/α,β-unsaturated/α-hetero) is 1. The lowest BCUT2D eigenvalue weighted by Gasteiger charge is -2.67. The number of methoxy groups -OCH3 is 1. The Kier molecular flexibility index (Phi) is 8.01. The Bertz CT molecular complexity index is 1240. The molecule has 14 nitrogen and oxygen atoms in total. The zero-order valence-electron chi connectivity index (χ0n) is 24.8. The molecule has 2 aliphatic heterocycles. The van der Waals surface area contributed by atoms with E-state index in [0.29, 0.717) is 18.4 Å². The number of fused-ring (bicyclic) bond motifs is 2. The average molecular weight is 611 g/mol. The zero-order valence-corrected chi connectivity index (χ0v) is 24.8. The fourth-order valence-electron chi connectivity index (χ4n) is 8.60. The summed E-state index contributed by atoms with van der Waals surface area (Å²) in [5, 5.41) is 23.5. The Labute approximate surface area is 247 Å². The number of ketones is 1. The molecule has 1 spiro atoms. The number of hydrogen-bond donors (Lipinski definition) is 2. The van der Waals surface area contributed by atoms with E-state index in [1.165, 1.54) is 0 Å². The molecule has 2 bridgehead atoms. The molecule has 5 rings (SSSR count). The predicted molar refractivity (Wildman–Crippen MR) is 140 cm³/mol. The van der Waals surface area contributed by atoms with Gasteiger partial charge in [-0.15, -0.1) is 0 Å². The molecule has 2 heterocycles. The van der Waals surface area contributed by atoms with Gasteiger partial charge in [-0.05, 0) is 43.1 Å². The van der Waals surface area contributed by atoms with Gasteiger partial charge in [0.05, 0.1) is 39.0 Å². The Morgan fingerprint density at radius 1 is 1.02 bits per heavy atom. The lowest BCUT2D eigenvalue weighted by molar-refractivity contribution is -0.289. The SMILES string of the molecule is CCCOC(=O)OC1=C(C)[C@@H]2C[C@H]3OC(=O)[C@H](OC(=O)OCCC)[C@H]4[C@]5(C(=O)OC)OC[C@]34[C@H]([C@@H](O)[C@@H]5O)[C@@]2(C)CC1=O. The third kappa shape index (κ3) is 4.27. The Hall–Kier alpha value is -3.23. The molecule has 14 heteroatoms. The first-order valence-electron chi connectivity index (χ1n) is 14.6. The standard InChI is InChI=1S/C29H38O14/c1-6-8-38-25(35)42-18-13(3)14-10-16-28-12-40-29(24(34)37-5,22(32)17(31)20(28)27(14,4)11-15(18)30)21(28)19(23(33)41-16)43-26(36)39-9-7-2/h14,16-17,19-22,31-32H,6-12H2,1-5H3/t14-,16+,17+,19+,20+,21+,22-,27-,28+,29-/m0/s1. The zero-order chi connectivity index (χ0) is 31.5. The van der Waals surface area contributed by atoms with Crippen molar-refractivity contribution in [3.63, 3.8) is 0 Å². The van der Waals surface area contributed by atoms with Gasteiger partial charge in [-0.3, -0.25) is 4.79 Å². The summed E-state index contributed by atoms with van der Waals surface area (Å²) in [5.74, 6) is -5.70. The molecule has 2 saturated carbocycles. The van der Waals surface area contributed by atoms with E-state index in [1.54, 1.807) is 27.7 Å². The average Bonchev–Trinajstić information content (AvgIpc) is 3.27. The molecule has 3 aliphatic carbocycles. The normalized spacial score (nSPS) is 41.0. The van der Waals surface area contributed by atoms with Gasteiger partial charge in [0.2, 0.25) is 11.7 Å². The highest BCUT2D eigenvalue weighted by molar-refractivity contribution is 5.97. The second kappa shape index (κ2) is 11.0. The van der Waals surface area contributed by atoms with Gasteiger partial charge in [0.15, 0.2) is 11.5 Å². The van der Waals surface area contributed by atoms with E-state index in [9.17, 15) is 34.2 Å². The Morgan fingerprint density at radius 2 is 1.67 bits per heavy atom. The minimum absolute atomic E-state index is 0.00547. The number of aliphatic hydroxyl groups is 2. The van der Waals surface area contributed by atoms with Crippen LogP contribution in [0.5, 0.6) is 0 Å². The summed E-state index contributed by atoms with van der Waals surface area (Å²) in [6, 6.07) is 0.